The minimum Gasteiger partial charge on any atom is -0.371 e. The smallest absolute Gasteiger partial charge is 0.276 e. The molecule has 1 fully saturated rings. The maximum absolute atomic E-state index is 12.7. The molecule has 1 saturated heterocycles. The van der Waals surface area contributed by atoms with E-state index in [0.717, 1.165) is 18.7 Å². The molecule has 0 saturated carbocycles. The van der Waals surface area contributed by atoms with Crippen LogP contribution in [0, 0.1) is 6.92 Å². The summed E-state index contributed by atoms with van der Waals surface area (Å²) in [4.78, 5) is 26.9. The Labute approximate surface area is 150 Å². The van der Waals surface area contributed by atoms with Crippen molar-refractivity contribution in [1.82, 2.24) is 10.2 Å². The fraction of sp³-hybridized carbons (Fsp3) is 0.250. The second-order valence-electron chi connectivity index (χ2n) is 6.60. The number of aromatic amines is 1. The molecule has 1 aliphatic heterocycles. The van der Waals surface area contributed by atoms with E-state index in [0.29, 0.717) is 16.5 Å². The number of anilines is 2. The lowest BCUT2D eigenvalue weighted by atomic mass is 10.1. The van der Waals surface area contributed by atoms with Crippen LogP contribution in [0.5, 0.6) is 0 Å². The van der Waals surface area contributed by atoms with Gasteiger partial charge >= 0.3 is 0 Å². The quantitative estimate of drug-likeness (QED) is 0.762. The molecule has 1 aliphatic rings. The van der Waals surface area contributed by atoms with Crippen LogP contribution >= 0.6 is 0 Å². The van der Waals surface area contributed by atoms with Crippen LogP contribution in [0.25, 0.3) is 10.8 Å². The van der Waals surface area contributed by atoms with Gasteiger partial charge in [0.2, 0.25) is 0 Å². The Bertz CT molecular complexity index is 1040. The first kappa shape index (κ1) is 16.3. The molecule has 3 aromatic rings. The SMILES string of the molecule is Cc1cc(NC(=O)c2n[nH]c(=O)c3ccccc23)ccc1N1CCCC1. The summed E-state index contributed by atoms with van der Waals surface area (Å²) < 4.78 is 0. The van der Waals surface area contributed by atoms with Crippen LogP contribution in [0.1, 0.15) is 28.9 Å². The van der Waals surface area contributed by atoms with Crippen molar-refractivity contribution in [2.75, 3.05) is 23.3 Å². The van der Waals surface area contributed by atoms with Gasteiger partial charge in [0.05, 0.1) is 5.39 Å². The highest BCUT2D eigenvalue weighted by molar-refractivity contribution is 6.11. The maximum Gasteiger partial charge on any atom is 0.276 e. The second kappa shape index (κ2) is 6.63. The molecular weight excluding hydrogens is 328 g/mol. The molecule has 4 rings (SSSR count). The molecule has 0 radical (unpaired) electrons. The Morgan fingerprint density at radius 2 is 1.85 bits per heavy atom. The zero-order chi connectivity index (χ0) is 18.1. The number of nitrogens with one attached hydrogen (secondary N) is 2. The van der Waals surface area contributed by atoms with Gasteiger partial charge in [0.25, 0.3) is 11.5 Å². The summed E-state index contributed by atoms with van der Waals surface area (Å²) in [5.41, 5.74) is 2.97. The van der Waals surface area contributed by atoms with Crippen LogP contribution in [0.15, 0.2) is 47.3 Å². The van der Waals surface area contributed by atoms with Crippen molar-refractivity contribution in [3.8, 4) is 0 Å². The number of carbonyl (C=O) groups is 1. The van der Waals surface area contributed by atoms with E-state index in [1.54, 1.807) is 24.3 Å². The number of benzene rings is 2. The number of hydrogen-bond donors (Lipinski definition) is 2. The van der Waals surface area contributed by atoms with Crippen LogP contribution < -0.4 is 15.8 Å². The summed E-state index contributed by atoms with van der Waals surface area (Å²) in [6, 6.07) is 12.9. The number of hydrogen-bond acceptors (Lipinski definition) is 4. The number of rotatable bonds is 3. The van der Waals surface area contributed by atoms with Gasteiger partial charge in [-0.3, -0.25) is 9.59 Å². The van der Waals surface area contributed by atoms with E-state index < -0.39 is 0 Å². The normalized spacial score (nSPS) is 14.0. The zero-order valence-corrected chi connectivity index (χ0v) is 14.6. The van der Waals surface area contributed by atoms with Crippen molar-refractivity contribution in [3.63, 3.8) is 0 Å². The predicted molar refractivity (Wildman–Crippen MR) is 103 cm³/mol. The number of nitrogens with zero attached hydrogens (tertiary/aromatic N) is 2. The zero-order valence-electron chi connectivity index (χ0n) is 14.6. The fourth-order valence-electron chi connectivity index (χ4n) is 3.52. The molecule has 132 valence electrons. The third-order valence-corrected chi connectivity index (χ3v) is 4.81. The summed E-state index contributed by atoms with van der Waals surface area (Å²) in [7, 11) is 0. The van der Waals surface area contributed by atoms with E-state index in [2.05, 4.69) is 33.4 Å². The molecule has 6 heteroatoms. The van der Waals surface area contributed by atoms with Crippen LogP contribution in [0.4, 0.5) is 11.4 Å². The molecular formula is C20H20N4O2. The highest BCUT2D eigenvalue weighted by Gasteiger charge is 2.17. The lowest BCUT2D eigenvalue weighted by Gasteiger charge is -2.20. The van der Waals surface area contributed by atoms with Crippen molar-refractivity contribution in [3.05, 3.63) is 64.1 Å². The van der Waals surface area contributed by atoms with Crippen molar-refractivity contribution >= 4 is 28.1 Å². The molecule has 2 aromatic carbocycles. The Hall–Kier alpha value is -3.15. The number of aryl methyl sites for hydroxylation is 1. The topological polar surface area (TPSA) is 78.1 Å². The summed E-state index contributed by atoms with van der Waals surface area (Å²) in [6.07, 6.45) is 2.45. The summed E-state index contributed by atoms with van der Waals surface area (Å²) in [5.74, 6) is -0.342. The fourth-order valence-corrected chi connectivity index (χ4v) is 3.52. The molecule has 0 bridgehead atoms. The lowest BCUT2D eigenvalue weighted by molar-refractivity contribution is 0.102. The van der Waals surface area contributed by atoms with Crippen molar-refractivity contribution in [2.45, 2.75) is 19.8 Å². The Balaban J connectivity index is 1.62. The van der Waals surface area contributed by atoms with Crippen LogP contribution in [-0.4, -0.2) is 29.2 Å². The Morgan fingerprint density at radius 1 is 1.12 bits per heavy atom. The first-order chi connectivity index (χ1) is 12.6. The monoisotopic (exact) mass is 348 g/mol. The van der Waals surface area contributed by atoms with Gasteiger partial charge in [0.1, 0.15) is 0 Å². The average Bonchev–Trinajstić information content (AvgIpc) is 3.16. The minimum atomic E-state index is -0.342. The van der Waals surface area contributed by atoms with Gasteiger partial charge in [-0.25, -0.2) is 5.10 Å². The van der Waals surface area contributed by atoms with E-state index in [1.807, 2.05) is 12.1 Å². The van der Waals surface area contributed by atoms with Gasteiger partial charge in [0, 0.05) is 29.9 Å². The molecule has 0 aliphatic carbocycles. The average molecular weight is 348 g/mol. The van der Waals surface area contributed by atoms with E-state index >= 15 is 0 Å². The summed E-state index contributed by atoms with van der Waals surface area (Å²) in [6.45, 7) is 4.22. The largest absolute Gasteiger partial charge is 0.371 e. The van der Waals surface area contributed by atoms with Crippen LogP contribution in [0.3, 0.4) is 0 Å². The Kier molecular flexibility index (Phi) is 4.16. The molecule has 26 heavy (non-hydrogen) atoms. The first-order valence-corrected chi connectivity index (χ1v) is 8.78. The van der Waals surface area contributed by atoms with Crippen LogP contribution in [-0.2, 0) is 0 Å². The van der Waals surface area contributed by atoms with E-state index in [-0.39, 0.29) is 17.2 Å². The molecule has 0 spiro atoms. The van der Waals surface area contributed by atoms with Crippen molar-refractivity contribution < 1.29 is 4.79 Å². The first-order valence-electron chi connectivity index (χ1n) is 8.78. The molecule has 6 nitrogen and oxygen atoms in total. The van der Waals surface area contributed by atoms with E-state index in [1.165, 1.54) is 18.5 Å². The Morgan fingerprint density at radius 3 is 2.58 bits per heavy atom. The lowest BCUT2D eigenvalue weighted by Crippen LogP contribution is -2.20. The molecule has 2 N–H and O–H groups in total. The number of amides is 1. The number of carbonyl (C=O) groups excluding carboxylic acids is 1. The van der Waals surface area contributed by atoms with Gasteiger partial charge in [0.15, 0.2) is 5.69 Å². The van der Waals surface area contributed by atoms with Gasteiger partial charge in [-0.05, 0) is 49.6 Å². The standard InChI is InChI=1S/C20H20N4O2/c1-13-12-14(8-9-17(13)24-10-4-5-11-24)21-20(26)18-15-6-2-3-7-16(15)19(25)23-22-18/h2-3,6-9,12H,4-5,10-11H2,1H3,(H,21,26)(H,23,25). The second-order valence-corrected chi connectivity index (χ2v) is 6.60. The third-order valence-electron chi connectivity index (χ3n) is 4.81. The number of fused-ring (bicyclic) bond motifs is 1. The number of H-pyrrole nitrogens is 1. The predicted octanol–water partition coefficient (Wildman–Crippen LogP) is 3.08. The van der Waals surface area contributed by atoms with Gasteiger partial charge < -0.3 is 10.2 Å². The highest BCUT2D eigenvalue weighted by atomic mass is 16.2. The van der Waals surface area contributed by atoms with E-state index in [9.17, 15) is 9.59 Å². The van der Waals surface area contributed by atoms with E-state index in [4.69, 9.17) is 0 Å². The molecule has 0 atom stereocenters. The van der Waals surface area contributed by atoms with Crippen molar-refractivity contribution in [1.29, 1.82) is 0 Å². The van der Waals surface area contributed by atoms with Crippen LogP contribution in [0.2, 0.25) is 0 Å². The van der Waals surface area contributed by atoms with Gasteiger partial charge in [-0.1, -0.05) is 18.2 Å². The molecule has 1 amide bonds. The highest BCUT2D eigenvalue weighted by Crippen LogP contribution is 2.27. The van der Waals surface area contributed by atoms with Gasteiger partial charge in [-0.2, -0.15) is 5.10 Å². The minimum absolute atomic E-state index is 0.210. The molecule has 0 unspecified atom stereocenters. The maximum atomic E-state index is 12.7. The summed E-state index contributed by atoms with van der Waals surface area (Å²) >= 11 is 0. The third kappa shape index (κ3) is 2.94. The molecule has 2 heterocycles. The summed E-state index contributed by atoms with van der Waals surface area (Å²) in [5, 5.41) is 10.2. The van der Waals surface area contributed by atoms with Crippen molar-refractivity contribution in [2.24, 2.45) is 0 Å². The molecule has 1 aromatic heterocycles. The van der Waals surface area contributed by atoms with Gasteiger partial charge in [-0.15, -0.1) is 0 Å². The number of aromatic nitrogens is 2.